The monoisotopic (exact) mass is 432 g/mol. The fourth-order valence-electron chi connectivity index (χ4n) is 2.75. The molecule has 2 amide bonds. The van der Waals surface area contributed by atoms with E-state index in [-0.39, 0.29) is 11.8 Å². The highest BCUT2D eigenvalue weighted by atomic mass is 35.5. The maximum absolute atomic E-state index is 13.0. The standard InChI is InChI=1S/C23H29ClN2O2S/c1-17(2)15-25-23(28)18(3)26(16-19-7-5-4-6-8-19)22(27)13-14-29-21-11-9-20(24)10-12-21/h4-12,17-18H,13-16H2,1-3H3,(H,25,28)/t18-/m1/s1. The van der Waals surface area contributed by atoms with Gasteiger partial charge in [-0.15, -0.1) is 11.8 Å². The first kappa shape index (κ1) is 23.3. The van der Waals surface area contributed by atoms with Crippen LogP contribution in [-0.2, 0) is 16.1 Å². The largest absolute Gasteiger partial charge is 0.354 e. The van der Waals surface area contributed by atoms with Crippen molar-refractivity contribution < 1.29 is 9.59 Å². The molecule has 0 aliphatic heterocycles. The Morgan fingerprint density at radius 2 is 1.69 bits per heavy atom. The van der Waals surface area contributed by atoms with E-state index in [4.69, 9.17) is 11.6 Å². The van der Waals surface area contributed by atoms with E-state index in [0.29, 0.717) is 36.2 Å². The summed E-state index contributed by atoms with van der Waals surface area (Å²) < 4.78 is 0. The molecule has 1 atom stereocenters. The second-order valence-electron chi connectivity index (χ2n) is 7.37. The lowest BCUT2D eigenvalue weighted by Gasteiger charge is -2.29. The van der Waals surface area contributed by atoms with E-state index in [1.807, 2.05) is 68.4 Å². The molecule has 0 fully saturated rings. The summed E-state index contributed by atoms with van der Waals surface area (Å²) in [5.74, 6) is 0.863. The van der Waals surface area contributed by atoms with Gasteiger partial charge in [0.1, 0.15) is 6.04 Å². The van der Waals surface area contributed by atoms with Crippen molar-refractivity contribution in [3.05, 3.63) is 65.2 Å². The molecule has 29 heavy (non-hydrogen) atoms. The zero-order valence-electron chi connectivity index (χ0n) is 17.2. The fourth-order valence-corrected chi connectivity index (χ4v) is 3.71. The molecule has 2 aromatic rings. The van der Waals surface area contributed by atoms with Crippen LogP contribution < -0.4 is 5.32 Å². The second kappa shape index (κ2) is 11.9. The van der Waals surface area contributed by atoms with Crippen molar-refractivity contribution in [1.82, 2.24) is 10.2 Å². The van der Waals surface area contributed by atoms with Crippen LogP contribution in [0.1, 0.15) is 32.8 Å². The van der Waals surface area contributed by atoms with Gasteiger partial charge in [-0.25, -0.2) is 0 Å². The Kier molecular flexibility index (Phi) is 9.55. The summed E-state index contributed by atoms with van der Waals surface area (Å²) >= 11 is 7.53. The maximum Gasteiger partial charge on any atom is 0.242 e. The van der Waals surface area contributed by atoms with Gasteiger partial charge < -0.3 is 10.2 Å². The first-order valence-electron chi connectivity index (χ1n) is 9.86. The Hall–Kier alpha value is -1.98. The molecule has 2 rings (SSSR count). The topological polar surface area (TPSA) is 49.4 Å². The van der Waals surface area contributed by atoms with Crippen LogP contribution in [0.4, 0.5) is 0 Å². The van der Waals surface area contributed by atoms with Crippen molar-refractivity contribution in [3.63, 3.8) is 0 Å². The van der Waals surface area contributed by atoms with Gasteiger partial charge in [-0.3, -0.25) is 9.59 Å². The molecule has 0 unspecified atom stereocenters. The average molecular weight is 433 g/mol. The van der Waals surface area contributed by atoms with Crippen LogP contribution in [0.15, 0.2) is 59.5 Å². The van der Waals surface area contributed by atoms with E-state index < -0.39 is 6.04 Å². The van der Waals surface area contributed by atoms with Gasteiger partial charge in [0, 0.05) is 35.2 Å². The van der Waals surface area contributed by atoms with Crippen LogP contribution in [0.25, 0.3) is 0 Å². The average Bonchev–Trinajstić information content (AvgIpc) is 2.71. The zero-order valence-corrected chi connectivity index (χ0v) is 18.8. The number of carbonyl (C=O) groups excluding carboxylic acids is 2. The van der Waals surface area contributed by atoms with Gasteiger partial charge in [0.25, 0.3) is 0 Å². The third-order valence-corrected chi connectivity index (χ3v) is 5.71. The Bertz CT molecular complexity index is 781. The minimum absolute atomic E-state index is 0.0255. The van der Waals surface area contributed by atoms with Gasteiger partial charge in [-0.2, -0.15) is 0 Å². The molecule has 0 heterocycles. The lowest BCUT2D eigenvalue weighted by atomic mass is 10.1. The molecule has 4 nitrogen and oxygen atoms in total. The highest BCUT2D eigenvalue weighted by molar-refractivity contribution is 7.99. The molecule has 0 aliphatic carbocycles. The molecule has 0 saturated heterocycles. The van der Waals surface area contributed by atoms with Crippen LogP contribution in [0, 0.1) is 5.92 Å². The highest BCUT2D eigenvalue weighted by Crippen LogP contribution is 2.22. The quantitative estimate of drug-likeness (QED) is 0.537. The minimum atomic E-state index is -0.526. The predicted octanol–water partition coefficient (Wildman–Crippen LogP) is 5.01. The molecule has 156 valence electrons. The zero-order chi connectivity index (χ0) is 21.2. The SMILES string of the molecule is CC(C)CNC(=O)[C@@H](C)N(Cc1ccccc1)C(=O)CCSc1ccc(Cl)cc1. The minimum Gasteiger partial charge on any atom is -0.354 e. The number of nitrogens with zero attached hydrogens (tertiary/aromatic N) is 1. The van der Waals surface area contributed by atoms with Crippen LogP contribution in [0.5, 0.6) is 0 Å². The molecule has 0 aromatic heterocycles. The van der Waals surface area contributed by atoms with Crippen molar-refractivity contribution in [1.29, 1.82) is 0 Å². The van der Waals surface area contributed by atoms with Gasteiger partial charge in [-0.1, -0.05) is 55.8 Å². The van der Waals surface area contributed by atoms with Gasteiger partial charge in [-0.05, 0) is 42.7 Å². The number of benzene rings is 2. The Balaban J connectivity index is 2.01. The summed E-state index contributed by atoms with van der Waals surface area (Å²) in [7, 11) is 0. The fraction of sp³-hybridized carbons (Fsp3) is 0.391. The first-order chi connectivity index (χ1) is 13.9. The normalized spacial score (nSPS) is 11.9. The summed E-state index contributed by atoms with van der Waals surface area (Å²) in [5.41, 5.74) is 1.01. The van der Waals surface area contributed by atoms with E-state index in [1.165, 1.54) is 0 Å². The molecular weight excluding hydrogens is 404 g/mol. The number of carbonyl (C=O) groups is 2. The number of amides is 2. The van der Waals surface area contributed by atoms with E-state index >= 15 is 0 Å². The number of hydrogen-bond donors (Lipinski definition) is 1. The van der Waals surface area contributed by atoms with Gasteiger partial charge in [0.15, 0.2) is 0 Å². The summed E-state index contributed by atoms with van der Waals surface area (Å²) in [6.07, 6.45) is 0.363. The van der Waals surface area contributed by atoms with Crippen LogP contribution >= 0.6 is 23.4 Å². The Morgan fingerprint density at radius 1 is 1.03 bits per heavy atom. The number of halogens is 1. The van der Waals surface area contributed by atoms with Crippen molar-refractivity contribution >= 4 is 35.2 Å². The third-order valence-electron chi connectivity index (χ3n) is 4.45. The Morgan fingerprint density at radius 3 is 2.31 bits per heavy atom. The van der Waals surface area contributed by atoms with Crippen molar-refractivity contribution in [3.8, 4) is 0 Å². The number of rotatable bonds is 10. The van der Waals surface area contributed by atoms with E-state index in [9.17, 15) is 9.59 Å². The summed E-state index contributed by atoms with van der Waals surface area (Å²) in [4.78, 5) is 28.3. The van der Waals surface area contributed by atoms with Gasteiger partial charge in [0.05, 0.1) is 0 Å². The lowest BCUT2D eigenvalue weighted by molar-refractivity contribution is -0.140. The predicted molar refractivity (Wildman–Crippen MR) is 121 cm³/mol. The molecule has 0 saturated carbocycles. The van der Waals surface area contributed by atoms with E-state index in [2.05, 4.69) is 5.32 Å². The molecule has 0 radical (unpaired) electrons. The summed E-state index contributed by atoms with van der Waals surface area (Å²) in [6, 6.07) is 16.8. The molecule has 0 spiro atoms. The molecule has 0 aliphatic rings. The molecule has 0 bridgehead atoms. The smallest absolute Gasteiger partial charge is 0.242 e. The maximum atomic E-state index is 13.0. The second-order valence-corrected chi connectivity index (χ2v) is 8.98. The van der Waals surface area contributed by atoms with Crippen molar-refractivity contribution in [2.24, 2.45) is 5.92 Å². The van der Waals surface area contributed by atoms with Crippen LogP contribution in [-0.4, -0.2) is 35.1 Å². The molecular formula is C23H29ClN2O2S. The van der Waals surface area contributed by atoms with Crippen LogP contribution in [0.3, 0.4) is 0 Å². The number of hydrogen-bond acceptors (Lipinski definition) is 3. The van der Waals surface area contributed by atoms with E-state index in [1.54, 1.807) is 23.6 Å². The number of thioether (sulfide) groups is 1. The van der Waals surface area contributed by atoms with Gasteiger partial charge >= 0.3 is 0 Å². The van der Waals surface area contributed by atoms with Crippen molar-refractivity contribution in [2.75, 3.05) is 12.3 Å². The number of nitrogens with one attached hydrogen (secondary N) is 1. The van der Waals surface area contributed by atoms with Crippen LogP contribution in [0.2, 0.25) is 5.02 Å². The molecule has 2 aromatic carbocycles. The van der Waals surface area contributed by atoms with Gasteiger partial charge in [0.2, 0.25) is 11.8 Å². The molecule has 1 N–H and O–H groups in total. The van der Waals surface area contributed by atoms with Crippen molar-refractivity contribution in [2.45, 2.75) is 44.7 Å². The summed E-state index contributed by atoms with van der Waals surface area (Å²) in [6.45, 7) is 6.91. The first-order valence-corrected chi connectivity index (χ1v) is 11.2. The Labute approximate surface area is 183 Å². The van der Waals surface area contributed by atoms with E-state index in [0.717, 1.165) is 10.5 Å². The highest BCUT2D eigenvalue weighted by Gasteiger charge is 2.25. The summed E-state index contributed by atoms with van der Waals surface area (Å²) in [5, 5.41) is 3.63. The third kappa shape index (κ3) is 8.11. The molecule has 6 heteroatoms. The lowest BCUT2D eigenvalue weighted by Crippen LogP contribution is -2.48.